The average Bonchev–Trinajstić information content (AvgIpc) is 3.00. The summed E-state index contributed by atoms with van der Waals surface area (Å²) in [5, 5.41) is 8.62. The molecular formula is C16H25N3OS. The zero-order valence-corrected chi connectivity index (χ0v) is 13.5. The molecule has 0 bridgehead atoms. The van der Waals surface area contributed by atoms with Crippen LogP contribution in [0.3, 0.4) is 0 Å². The van der Waals surface area contributed by atoms with Crippen LogP contribution in [0.1, 0.15) is 36.6 Å². The summed E-state index contributed by atoms with van der Waals surface area (Å²) in [6.45, 7) is 6.06. The second kappa shape index (κ2) is 6.90. The number of piperidine rings is 1. The minimum absolute atomic E-state index is 0.0239. The maximum absolute atomic E-state index is 12.2. The van der Waals surface area contributed by atoms with E-state index in [2.05, 4.69) is 33.9 Å². The highest BCUT2D eigenvalue weighted by Gasteiger charge is 2.24. The van der Waals surface area contributed by atoms with Gasteiger partial charge in [-0.25, -0.2) is 0 Å². The molecule has 0 aliphatic carbocycles. The summed E-state index contributed by atoms with van der Waals surface area (Å²) in [7, 11) is 0. The Hall–Kier alpha value is -0.910. The van der Waals surface area contributed by atoms with Crippen molar-refractivity contribution < 1.29 is 4.79 Å². The van der Waals surface area contributed by atoms with Crippen LogP contribution in [0.25, 0.3) is 0 Å². The molecule has 1 aromatic heterocycles. The Labute approximate surface area is 130 Å². The molecule has 1 amide bonds. The van der Waals surface area contributed by atoms with Crippen molar-refractivity contribution in [2.24, 2.45) is 0 Å². The number of hydrogen-bond donors (Lipinski definition) is 2. The molecule has 4 nitrogen and oxygen atoms in total. The van der Waals surface area contributed by atoms with Gasteiger partial charge in [-0.05, 0) is 49.7 Å². The van der Waals surface area contributed by atoms with Gasteiger partial charge in [0, 0.05) is 30.6 Å². The molecule has 2 aliphatic heterocycles. The SMILES string of the molecule is CC(CNC(=O)C1CCCCN1)N1CCc2sccc2C1. The number of fused-ring (bicyclic) bond motifs is 1. The average molecular weight is 307 g/mol. The third-order valence-corrected chi connectivity index (χ3v) is 5.68. The topological polar surface area (TPSA) is 44.4 Å². The van der Waals surface area contributed by atoms with Gasteiger partial charge in [-0.2, -0.15) is 0 Å². The fraction of sp³-hybridized carbons (Fsp3) is 0.688. The molecule has 3 heterocycles. The Bertz CT molecular complexity index is 482. The van der Waals surface area contributed by atoms with Crippen molar-refractivity contribution >= 4 is 17.2 Å². The Morgan fingerprint density at radius 3 is 3.29 bits per heavy atom. The van der Waals surface area contributed by atoms with E-state index in [0.29, 0.717) is 6.04 Å². The molecule has 1 aromatic rings. The lowest BCUT2D eigenvalue weighted by Crippen LogP contribution is -2.50. The van der Waals surface area contributed by atoms with Crippen LogP contribution in [0.2, 0.25) is 0 Å². The smallest absolute Gasteiger partial charge is 0.237 e. The van der Waals surface area contributed by atoms with Gasteiger partial charge in [0.25, 0.3) is 0 Å². The summed E-state index contributed by atoms with van der Waals surface area (Å²) >= 11 is 1.87. The van der Waals surface area contributed by atoms with Crippen LogP contribution in [0.5, 0.6) is 0 Å². The highest BCUT2D eigenvalue weighted by molar-refractivity contribution is 7.10. The van der Waals surface area contributed by atoms with E-state index in [1.807, 2.05) is 11.3 Å². The van der Waals surface area contributed by atoms with Crippen LogP contribution in [-0.4, -0.2) is 42.5 Å². The number of hydrogen-bond acceptors (Lipinski definition) is 4. The number of carbonyl (C=O) groups excluding carboxylic acids is 1. The summed E-state index contributed by atoms with van der Waals surface area (Å²) in [6, 6.07) is 2.66. The van der Waals surface area contributed by atoms with E-state index >= 15 is 0 Å². The molecule has 21 heavy (non-hydrogen) atoms. The van der Waals surface area contributed by atoms with Crippen LogP contribution in [-0.2, 0) is 17.8 Å². The molecule has 116 valence electrons. The third kappa shape index (κ3) is 3.65. The fourth-order valence-electron chi connectivity index (χ4n) is 3.22. The largest absolute Gasteiger partial charge is 0.353 e. The second-order valence-corrected chi connectivity index (χ2v) is 7.19. The van der Waals surface area contributed by atoms with Crippen molar-refractivity contribution in [1.82, 2.24) is 15.5 Å². The quantitative estimate of drug-likeness (QED) is 0.891. The molecule has 3 rings (SSSR count). The van der Waals surface area contributed by atoms with Crippen molar-refractivity contribution in [1.29, 1.82) is 0 Å². The van der Waals surface area contributed by atoms with Crippen LogP contribution in [0.15, 0.2) is 11.4 Å². The number of carbonyl (C=O) groups is 1. The normalized spacial score (nSPS) is 24.3. The number of rotatable bonds is 4. The molecule has 1 fully saturated rings. The molecule has 2 N–H and O–H groups in total. The Morgan fingerprint density at radius 1 is 1.57 bits per heavy atom. The molecule has 2 unspecified atom stereocenters. The minimum Gasteiger partial charge on any atom is -0.353 e. The van der Waals surface area contributed by atoms with Gasteiger partial charge in [0.1, 0.15) is 0 Å². The van der Waals surface area contributed by atoms with Crippen molar-refractivity contribution in [3.63, 3.8) is 0 Å². The van der Waals surface area contributed by atoms with E-state index in [-0.39, 0.29) is 11.9 Å². The highest BCUT2D eigenvalue weighted by atomic mass is 32.1. The van der Waals surface area contributed by atoms with E-state index in [0.717, 1.165) is 45.4 Å². The predicted molar refractivity (Wildman–Crippen MR) is 86.5 cm³/mol. The summed E-state index contributed by atoms with van der Waals surface area (Å²) in [6.07, 6.45) is 4.47. The lowest BCUT2D eigenvalue weighted by atomic mass is 10.0. The van der Waals surface area contributed by atoms with Crippen LogP contribution >= 0.6 is 11.3 Å². The first-order valence-electron chi connectivity index (χ1n) is 8.04. The molecule has 5 heteroatoms. The predicted octanol–water partition coefficient (Wildman–Crippen LogP) is 1.75. The van der Waals surface area contributed by atoms with E-state index < -0.39 is 0 Å². The summed E-state index contributed by atoms with van der Waals surface area (Å²) in [5.41, 5.74) is 1.47. The molecule has 0 spiro atoms. The summed E-state index contributed by atoms with van der Waals surface area (Å²) < 4.78 is 0. The molecular weight excluding hydrogens is 282 g/mol. The minimum atomic E-state index is 0.0239. The molecule has 1 saturated heterocycles. The first kappa shape index (κ1) is 15.0. The van der Waals surface area contributed by atoms with E-state index in [9.17, 15) is 4.79 Å². The highest BCUT2D eigenvalue weighted by Crippen LogP contribution is 2.24. The van der Waals surface area contributed by atoms with Gasteiger partial charge < -0.3 is 10.6 Å². The van der Waals surface area contributed by atoms with Gasteiger partial charge in [0.2, 0.25) is 5.91 Å². The lowest BCUT2D eigenvalue weighted by Gasteiger charge is -2.33. The van der Waals surface area contributed by atoms with Crippen LogP contribution < -0.4 is 10.6 Å². The van der Waals surface area contributed by atoms with Gasteiger partial charge in [-0.1, -0.05) is 6.42 Å². The summed E-state index contributed by atoms with van der Waals surface area (Å²) in [4.78, 5) is 16.2. The molecule has 2 atom stereocenters. The molecule has 2 aliphatic rings. The molecule has 0 saturated carbocycles. The van der Waals surface area contributed by atoms with Crippen molar-refractivity contribution in [3.8, 4) is 0 Å². The zero-order chi connectivity index (χ0) is 14.7. The van der Waals surface area contributed by atoms with Gasteiger partial charge in [-0.15, -0.1) is 11.3 Å². The Balaban J connectivity index is 1.46. The maximum Gasteiger partial charge on any atom is 0.237 e. The fourth-order valence-corrected chi connectivity index (χ4v) is 4.11. The molecule has 0 aromatic carbocycles. The van der Waals surface area contributed by atoms with Gasteiger partial charge in [0.15, 0.2) is 0 Å². The first-order chi connectivity index (χ1) is 10.2. The van der Waals surface area contributed by atoms with Crippen molar-refractivity contribution in [3.05, 3.63) is 21.9 Å². The Morgan fingerprint density at radius 2 is 2.48 bits per heavy atom. The standard InChI is InChI=1S/C16H25N3OS/c1-12(10-18-16(20)14-4-2-3-7-17-14)19-8-5-15-13(11-19)6-9-21-15/h6,9,12,14,17H,2-5,7-8,10-11H2,1H3,(H,18,20). The maximum atomic E-state index is 12.2. The molecule has 0 radical (unpaired) electrons. The summed E-state index contributed by atoms with van der Waals surface area (Å²) in [5.74, 6) is 0.176. The van der Waals surface area contributed by atoms with Crippen LogP contribution in [0, 0.1) is 0 Å². The van der Waals surface area contributed by atoms with Gasteiger partial charge >= 0.3 is 0 Å². The third-order valence-electron chi connectivity index (χ3n) is 4.66. The second-order valence-electron chi connectivity index (χ2n) is 6.19. The van der Waals surface area contributed by atoms with Crippen molar-refractivity contribution in [2.75, 3.05) is 19.6 Å². The van der Waals surface area contributed by atoms with E-state index in [4.69, 9.17) is 0 Å². The van der Waals surface area contributed by atoms with Crippen molar-refractivity contribution in [2.45, 2.75) is 51.2 Å². The lowest BCUT2D eigenvalue weighted by molar-refractivity contribution is -0.123. The number of thiophene rings is 1. The van der Waals surface area contributed by atoms with Crippen LogP contribution in [0.4, 0.5) is 0 Å². The monoisotopic (exact) mass is 307 g/mol. The zero-order valence-electron chi connectivity index (χ0n) is 12.7. The van der Waals surface area contributed by atoms with E-state index in [1.165, 1.54) is 16.9 Å². The van der Waals surface area contributed by atoms with E-state index in [1.54, 1.807) is 0 Å². The Kier molecular flexibility index (Phi) is 4.93. The van der Waals surface area contributed by atoms with Gasteiger partial charge in [-0.3, -0.25) is 9.69 Å². The first-order valence-corrected chi connectivity index (χ1v) is 8.92. The van der Waals surface area contributed by atoms with Gasteiger partial charge in [0.05, 0.1) is 6.04 Å². The number of nitrogens with zero attached hydrogens (tertiary/aromatic N) is 1. The number of amides is 1. The number of nitrogens with one attached hydrogen (secondary N) is 2.